The maximum absolute atomic E-state index is 12.9. The van der Waals surface area contributed by atoms with Gasteiger partial charge in [-0.25, -0.2) is 4.98 Å². The summed E-state index contributed by atoms with van der Waals surface area (Å²) in [4.78, 5) is 32.2. The average molecular weight is 444 g/mol. The van der Waals surface area contributed by atoms with Crippen LogP contribution in [0.1, 0.15) is 34.4 Å². The number of amides is 1. The van der Waals surface area contributed by atoms with Crippen molar-refractivity contribution < 1.29 is 9.53 Å². The van der Waals surface area contributed by atoms with Crippen molar-refractivity contribution in [3.8, 4) is 0 Å². The first-order chi connectivity index (χ1) is 14.6. The minimum atomic E-state index is -0.0907. The number of hydrogen-bond acceptors (Lipinski definition) is 6. The molecule has 0 spiro atoms. The van der Waals surface area contributed by atoms with E-state index in [1.807, 2.05) is 24.3 Å². The smallest absolute Gasteiger partial charge is 0.262 e. The lowest BCUT2D eigenvalue weighted by molar-refractivity contribution is -0.118. The molecule has 6 nitrogen and oxygen atoms in total. The lowest BCUT2D eigenvalue weighted by Gasteiger charge is -2.11. The number of benzene rings is 1. The molecule has 1 amide bonds. The highest BCUT2D eigenvalue weighted by Crippen LogP contribution is 2.34. The monoisotopic (exact) mass is 443 g/mol. The molecule has 0 bridgehead atoms. The van der Waals surface area contributed by atoms with Crippen LogP contribution >= 0.6 is 23.1 Å². The van der Waals surface area contributed by atoms with E-state index in [0.717, 1.165) is 40.6 Å². The van der Waals surface area contributed by atoms with Gasteiger partial charge in [-0.05, 0) is 42.4 Å². The number of aryl methyl sites for hydroxylation is 2. The number of aromatic nitrogens is 2. The second-order valence-electron chi connectivity index (χ2n) is 7.42. The number of carbonyl (C=O) groups is 1. The van der Waals surface area contributed by atoms with Crippen LogP contribution < -0.4 is 10.9 Å². The highest BCUT2D eigenvalue weighted by molar-refractivity contribution is 7.99. The SMILES string of the molecule is COCc1ccccc1CNC(=O)CSc1nc2sc3c(c2c(=O)n1C)CCCC3. The molecule has 1 aliphatic carbocycles. The number of thioether (sulfide) groups is 1. The van der Waals surface area contributed by atoms with Crippen molar-refractivity contribution in [1.29, 1.82) is 0 Å². The molecule has 4 rings (SSSR count). The van der Waals surface area contributed by atoms with Crippen LogP contribution in [0.15, 0.2) is 34.2 Å². The highest BCUT2D eigenvalue weighted by Gasteiger charge is 2.21. The van der Waals surface area contributed by atoms with Crippen LogP contribution in [0.25, 0.3) is 10.2 Å². The molecule has 0 atom stereocenters. The third kappa shape index (κ3) is 4.31. The summed E-state index contributed by atoms with van der Waals surface area (Å²) in [7, 11) is 3.40. The predicted molar refractivity (Wildman–Crippen MR) is 121 cm³/mol. The van der Waals surface area contributed by atoms with E-state index in [0.29, 0.717) is 18.3 Å². The number of carbonyl (C=O) groups excluding carboxylic acids is 1. The summed E-state index contributed by atoms with van der Waals surface area (Å²) < 4.78 is 6.79. The van der Waals surface area contributed by atoms with Gasteiger partial charge < -0.3 is 10.1 Å². The minimum Gasteiger partial charge on any atom is -0.380 e. The van der Waals surface area contributed by atoms with E-state index >= 15 is 0 Å². The van der Waals surface area contributed by atoms with Crippen LogP contribution in [-0.4, -0.2) is 28.3 Å². The molecule has 0 fully saturated rings. The summed E-state index contributed by atoms with van der Waals surface area (Å²) in [5.41, 5.74) is 3.28. The van der Waals surface area contributed by atoms with Gasteiger partial charge in [0.05, 0.1) is 17.7 Å². The Hall–Kier alpha value is -2.16. The number of rotatable bonds is 7. The van der Waals surface area contributed by atoms with Gasteiger partial charge in [0.1, 0.15) is 4.83 Å². The van der Waals surface area contributed by atoms with E-state index in [-0.39, 0.29) is 17.2 Å². The summed E-state index contributed by atoms with van der Waals surface area (Å²) in [6.07, 6.45) is 4.31. The van der Waals surface area contributed by atoms with E-state index in [1.54, 1.807) is 30.1 Å². The Morgan fingerprint density at radius 3 is 2.83 bits per heavy atom. The molecule has 158 valence electrons. The quantitative estimate of drug-likeness (QED) is 0.447. The summed E-state index contributed by atoms with van der Waals surface area (Å²) >= 11 is 2.94. The lowest BCUT2D eigenvalue weighted by atomic mass is 9.97. The Labute approximate surface area is 183 Å². The Morgan fingerprint density at radius 2 is 2.03 bits per heavy atom. The van der Waals surface area contributed by atoms with Crippen molar-refractivity contribution in [2.24, 2.45) is 7.05 Å². The molecular formula is C22H25N3O3S2. The Balaban J connectivity index is 1.44. The molecule has 8 heteroatoms. The number of fused-ring (bicyclic) bond motifs is 3. The fourth-order valence-electron chi connectivity index (χ4n) is 3.80. The molecule has 1 aliphatic rings. The van der Waals surface area contributed by atoms with Crippen molar-refractivity contribution in [3.63, 3.8) is 0 Å². The van der Waals surface area contributed by atoms with Crippen LogP contribution in [-0.2, 0) is 42.6 Å². The maximum Gasteiger partial charge on any atom is 0.262 e. The summed E-state index contributed by atoms with van der Waals surface area (Å²) in [5, 5.41) is 4.31. The van der Waals surface area contributed by atoms with E-state index in [4.69, 9.17) is 9.72 Å². The number of ether oxygens (including phenoxy) is 1. The molecule has 2 heterocycles. The zero-order valence-electron chi connectivity index (χ0n) is 17.2. The topological polar surface area (TPSA) is 73.2 Å². The number of thiophene rings is 1. The normalized spacial score (nSPS) is 13.4. The number of nitrogens with zero attached hydrogens (tertiary/aromatic N) is 2. The average Bonchev–Trinajstić information content (AvgIpc) is 3.13. The zero-order chi connectivity index (χ0) is 21.1. The van der Waals surface area contributed by atoms with E-state index in [2.05, 4.69) is 5.32 Å². The Bertz CT molecular complexity index is 1140. The third-order valence-corrected chi connectivity index (χ3v) is 7.60. The summed E-state index contributed by atoms with van der Waals surface area (Å²) in [6, 6.07) is 7.89. The molecule has 30 heavy (non-hydrogen) atoms. The Kier molecular flexibility index (Phi) is 6.55. The highest BCUT2D eigenvalue weighted by atomic mass is 32.2. The summed E-state index contributed by atoms with van der Waals surface area (Å²) in [5.74, 6) is 0.121. The molecule has 0 radical (unpaired) electrons. The van der Waals surface area contributed by atoms with Crippen LogP contribution in [0.2, 0.25) is 0 Å². The molecule has 0 saturated heterocycles. The van der Waals surface area contributed by atoms with Crippen LogP contribution in [0.4, 0.5) is 0 Å². The van der Waals surface area contributed by atoms with Crippen molar-refractivity contribution in [2.75, 3.05) is 12.9 Å². The number of hydrogen-bond donors (Lipinski definition) is 1. The van der Waals surface area contributed by atoms with Gasteiger partial charge in [0, 0.05) is 25.6 Å². The van der Waals surface area contributed by atoms with E-state index in [1.165, 1.54) is 28.6 Å². The van der Waals surface area contributed by atoms with Crippen LogP contribution in [0.3, 0.4) is 0 Å². The van der Waals surface area contributed by atoms with Crippen LogP contribution in [0, 0.1) is 0 Å². The lowest BCUT2D eigenvalue weighted by Crippen LogP contribution is -2.26. The van der Waals surface area contributed by atoms with Gasteiger partial charge >= 0.3 is 0 Å². The van der Waals surface area contributed by atoms with Gasteiger partial charge in [-0.1, -0.05) is 36.0 Å². The van der Waals surface area contributed by atoms with E-state index < -0.39 is 0 Å². The first kappa shape index (κ1) is 21.1. The molecule has 1 N–H and O–H groups in total. The van der Waals surface area contributed by atoms with Gasteiger partial charge in [-0.2, -0.15) is 0 Å². The second-order valence-corrected chi connectivity index (χ2v) is 9.44. The summed E-state index contributed by atoms with van der Waals surface area (Å²) in [6.45, 7) is 0.958. The van der Waals surface area contributed by atoms with Crippen molar-refractivity contribution in [3.05, 3.63) is 56.2 Å². The fraction of sp³-hybridized carbons (Fsp3) is 0.409. The second kappa shape index (κ2) is 9.32. The van der Waals surface area contributed by atoms with Crippen LogP contribution in [0.5, 0.6) is 0 Å². The van der Waals surface area contributed by atoms with Gasteiger partial charge in [-0.15, -0.1) is 11.3 Å². The molecule has 0 unspecified atom stereocenters. The first-order valence-corrected chi connectivity index (χ1v) is 11.8. The molecule has 0 saturated carbocycles. The molecule has 1 aromatic carbocycles. The van der Waals surface area contributed by atoms with Gasteiger partial charge in [0.25, 0.3) is 5.56 Å². The maximum atomic E-state index is 12.9. The van der Waals surface area contributed by atoms with Gasteiger partial charge in [0.2, 0.25) is 5.91 Å². The third-order valence-electron chi connectivity index (χ3n) is 5.38. The van der Waals surface area contributed by atoms with Crippen molar-refractivity contribution in [1.82, 2.24) is 14.9 Å². The van der Waals surface area contributed by atoms with Crippen molar-refractivity contribution >= 4 is 39.2 Å². The fourth-order valence-corrected chi connectivity index (χ4v) is 5.90. The molecule has 2 aromatic heterocycles. The molecule has 0 aliphatic heterocycles. The largest absolute Gasteiger partial charge is 0.380 e. The van der Waals surface area contributed by atoms with Crippen molar-refractivity contribution in [2.45, 2.75) is 44.0 Å². The van der Waals surface area contributed by atoms with E-state index in [9.17, 15) is 9.59 Å². The predicted octanol–water partition coefficient (Wildman–Crippen LogP) is 3.43. The van der Waals surface area contributed by atoms with Gasteiger partial charge in [-0.3, -0.25) is 14.2 Å². The first-order valence-electron chi connectivity index (χ1n) is 10.0. The van der Waals surface area contributed by atoms with Gasteiger partial charge in [0.15, 0.2) is 5.16 Å². The molecular weight excluding hydrogens is 418 g/mol. The standard InChI is InChI=1S/C22H25N3O3S2/c1-25-21(27)19-16-9-5-6-10-17(16)30-20(19)24-22(25)29-13-18(26)23-11-14-7-3-4-8-15(14)12-28-2/h3-4,7-8H,5-6,9-13H2,1-2H3,(H,23,26). The minimum absolute atomic E-state index is 0.00389. The zero-order valence-corrected chi connectivity index (χ0v) is 18.8. The number of methoxy groups -OCH3 is 1. The molecule has 3 aromatic rings. The Morgan fingerprint density at radius 1 is 1.27 bits per heavy atom. The number of nitrogens with one attached hydrogen (secondary N) is 1.